The maximum absolute atomic E-state index is 6.16. The van der Waals surface area contributed by atoms with E-state index >= 15 is 0 Å². The molecule has 108 valence electrons. The fraction of sp³-hybridized carbons (Fsp3) is 0.375. The molecule has 0 aliphatic carbocycles. The minimum atomic E-state index is -0.910. The lowest BCUT2D eigenvalue weighted by Gasteiger charge is -2.38. The SMILES string of the molecule is CN1C(C)(C)COC12C=Nc1c(ccc3ncccc13)O2. The van der Waals surface area contributed by atoms with Crippen LogP contribution >= 0.6 is 0 Å². The largest absolute Gasteiger partial charge is 0.442 e. The molecule has 5 heteroatoms. The molecule has 1 unspecified atom stereocenters. The number of pyridine rings is 1. The molecule has 21 heavy (non-hydrogen) atoms. The van der Waals surface area contributed by atoms with Gasteiger partial charge in [0.1, 0.15) is 5.69 Å². The first-order valence-corrected chi connectivity index (χ1v) is 7.02. The van der Waals surface area contributed by atoms with Crippen molar-refractivity contribution in [2.45, 2.75) is 25.3 Å². The molecule has 5 nitrogen and oxygen atoms in total. The summed E-state index contributed by atoms with van der Waals surface area (Å²) >= 11 is 0. The minimum Gasteiger partial charge on any atom is -0.442 e. The number of hydrogen-bond acceptors (Lipinski definition) is 5. The molecule has 1 spiro atoms. The van der Waals surface area contributed by atoms with Crippen molar-refractivity contribution in [2.75, 3.05) is 13.7 Å². The fourth-order valence-electron chi connectivity index (χ4n) is 2.78. The quantitative estimate of drug-likeness (QED) is 0.746. The lowest BCUT2D eigenvalue weighted by molar-refractivity contribution is -0.163. The molecular formula is C16H17N3O2. The zero-order valence-electron chi connectivity index (χ0n) is 12.3. The molecule has 0 bridgehead atoms. The Morgan fingerprint density at radius 2 is 2.10 bits per heavy atom. The zero-order valence-corrected chi connectivity index (χ0v) is 12.3. The average Bonchev–Trinajstić information content (AvgIpc) is 2.71. The molecule has 0 saturated carbocycles. The van der Waals surface area contributed by atoms with Gasteiger partial charge in [0.25, 0.3) is 0 Å². The van der Waals surface area contributed by atoms with E-state index in [0.29, 0.717) is 6.61 Å². The molecule has 1 saturated heterocycles. The van der Waals surface area contributed by atoms with Gasteiger partial charge in [-0.1, -0.05) is 0 Å². The zero-order chi connectivity index (χ0) is 14.7. The van der Waals surface area contributed by atoms with Gasteiger partial charge in [-0.05, 0) is 45.2 Å². The van der Waals surface area contributed by atoms with E-state index in [0.717, 1.165) is 22.3 Å². The first-order valence-electron chi connectivity index (χ1n) is 7.02. The number of hydrogen-bond donors (Lipinski definition) is 0. The van der Waals surface area contributed by atoms with Crippen molar-refractivity contribution in [2.24, 2.45) is 4.99 Å². The van der Waals surface area contributed by atoms with Crippen LogP contribution in [-0.2, 0) is 4.74 Å². The van der Waals surface area contributed by atoms with Crippen LogP contribution in [0.5, 0.6) is 5.75 Å². The van der Waals surface area contributed by atoms with Crippen LogP contribution in [0, 0.1) is 0 Å². The van der Waals surface area contributed by atoms with E-state index in [1.807, 2.05) is 31.3 Å². The highest BCUT2D eigenvalue weighted by Gasteiger charge is 2.52. The number of rotatable bonds is 0. The summed E-state index contributed by atoms with van der Waals surface area (Å²) in [6, 6.07) is 7.76. The summed E-state index contributed by atoms with van der Waals surface area (Å²) in [5.74, 6) is -0.186. The monoisotopic (exact) mass is 283 g/mol. The van der Waals surface area contributed by atoms with Gasteiger partial charge in [-0.15, -0.1) is 0 Å². The summed E-state index contributed by atoms with van der Waals surface area (Å²) < 4.78 is 12.1. The van der Waals surface area contributed by atoms with Crippen LogP contribution in [0.4, 0.5) is 5.69 Å². The normalized spacial score (nSPS) is 27.0. The Morgan fingerprint density at radius 1 is 1.24 bits per heavy atom. The number of nitrogens with zero attached hydrogens (tertiary/aromatic N) is 3. The molecule has 2 aromatic rings. The first kappa shape index (κ1) is 12.7. The molecule has 0 amide bonds. The fourth-order valence-corrected chi connectivity index (χ4v) is 2.78. The van der Waals surface area contributed by atoms with E-state index in [2.05, 4.69) is 28.7 Å². The standard InChI is InChI=1S/C16H17N3O2/c1-15(2)10-20-16(19(15)3)9-18-14-11-5-4-8-17-12(11)6-7-13(14)21-16/h4-9H,10H2,1-3H3. The molecule has 2 aliphatic rings. The van der Waals surface area contributed by atoms with Crippen LogP contribution < -0.4 is 4.74 Å². The molecule has 1 atom stereocenters. The summed E-state index contributed by atoms with van der Waals surface area (Å²) in [5.41, 5.74) is 1.63. The summed E-state index contributed by atoms with van der Waals surface area (Å²) in [5, 5.41) is 0.987. The van der Waals surface area contributed by atoms with Gasteiger partial charge in [-0.2, -0.15) is 0 Å². The van der Waals surface area contributed by atoms with E-state index in [4.69, 9.17) is 9.47 Å². The lowest BCUT2D eigenvalue weighted by Crippen LogP contribution is -2.55. The van der Waals surface area contributed by atoms with Gasteiger partial charge in [0.15, 0.2) is 5.75 Å². The second-order valence-electron chi connectivity index (χ2n) is 6.13. The van der Waals surface area contributed by atoms with Gasteiger partial charge in [0.05, 0.1) is 18.3 Å². The Bertz CT molecular complexity index is 756. The predicted octanol–water partition coefficient (Wildman–Crippen LogP) is 2.72. The maximum atomic E-state index is 6.16. The molecular weight excluding hydrogens is 266 g/mol. The molecule has 3 heterocycles. The number of aliphatic imine (C=N–C) groups is 1. The van der Waals surface area contributed by atoms with Crippen LogP contribution in [-0.4, -0.2) is 41.2 Å². The molecule has 0 N–H and O–H groups in total. The third-order valence-electron chi connectivity index (χ3n) is 4.34. The van der Waals surface area contributed by atoms with E-state index in [1.54, 1.807) is 12.4 Å². The number of ether oxygens (including phenoxy) is 2. The van der Waals surface area contributed by atoms with Gasteiger partial charge < -0.3 is 9.47 Å². The molecule has 0 radical (unpaired) electrons. The highest BCUT2D eigenvalue weighted by atomic mass is 16.7. The van der Waals surface area contributed by atoms with Crippen molar-refractivity contribution in [1.29, 1.82) is 0 Å². The second kappa shape index (κ2) is 4.02. The highest BCUT2D eigenvalue weighted by molar-refractivity contribution is 5.96. The van der Waals surface area contributed by atoms with Crippen molar-refractivity contribution >= 4 is 22.8 Å². The molecule has 1 aromatic carbocycles. The van der Waals surface area contributed by atoms with Crippen molar-refractivity contribution in [3.63, 3.8) is 0 Å². The van der Waals surface area contributed by atoms with Gasteiger partial charge in [-0.3, -0.25) is 4.98 Å². The number of aromatic nitrogens is 1. The number of benzene rings is 1. The second-order valence-corrected chi connectivity index (χ2v) is 6.13. The molecule has 1 fully saturated rings. The maximum Gasteiger partial charge on any atom is 0.312 e. The summed E-state index contributed by atoms with van der Waals surface area (Å²) in [6.45, 7) is 4.84. The topological polar surface area (TPSA) is 47.0 Å². The average molecular weight is 283 g/mol. The Kier molecular flexibility index (Phi) is 2.44. The van der Waals surface area contributed by atoms with E-state index < -0.39 is 5.91 Å². The Morgan fingerprint density at radius 3 is 2.86 bits per heavy atom. The smallest absolute Gasteiger partial charge is 0.312 e. The third-order valence-corrected chi connectivity index (χ3v) is 4.34. The molecule has 1 aromatic heterocycles. The van der Waals surface area contributed by atoms with Crippen LogP contribution in [0.15, 0.2) is 35.5 Å². The Balaban J connectivity index is 1.83. The van der Waals surface area contributed by atoms with Gasteiger partial charge in [0, 0.05) is 17.1 Å². The minimum absolute atomic E-state index is 0.0953. The van der Waals surface area contributed by atoms with Gasteiger partial charge in [-0.25, -0.2) is 9.89 Å². The Hall–Kier alpha value is -1.98. The Labute approximate surface area is 123 Å². The molecule has 4 rings (SSSR count). The first-order chi connectivity index (χ1) is 10.0. The van der Waals surface area contributed by atoms with E-state index in [-0.39, 0.29) is 5.54 Å². The van der Waals surface area contributed by atoms with Crippen molar-refractivity contribution in [1.82, 2.24) is 9.88 Å². The summed E-state index contributed by atoms with van der Waals surface area (Å²) in [6.07, 6.45) is 3.52. The molecule has 2 aliphatic heterocycles. The highest BCUT2D eigenvalue weighted by Crippen LogP contribution is 2.43. The van der Waals surface area contributed by atoms with Gasteiger partial charge >= 0.3 is 5.91 Å². The van der Waals surface area contributed by atoms with Crippen LogP contribution in [0.2, 0.25) is 0 Å². The van der Waals surface area contributed by atoms with Crippen LogP contribution in [0.1, 0.15) is 13.8 Å². The van der Waals surface area contributed by atoms with Crippen LogP contribution in [0.3, 0.4) is 0 Å². The van der Waals surface area contributed by atoms with Gasteiger partial charge in [0.2, 0.25) is 0 Å². The van der Waals surface area contributed by atoms with Crippen molar-refractivity contribution in [3.05, 3.63) is 30.5 Å². The lowest BCUT2D eigenvalue weighted by atomic mass is 10.1. The summed E-state index contributed by atoms with van der Waals surface area (Å²) in [7, 11) is 1.99. The number of fused-ring (bicyclic) bond motifs is 3. The van der Waals surface area contributed by atoms with E-state index in [1.165, 1.54) is 0 Å². The third kappa shape index (κ3) is 1.71. The van der Waals surface area contributed by atoms with Crippen LogP contribution in [0.25, 0.3) is 10.9 Å². The van der Waals surface area contributed by atoms with Crippen molar-refractivity contribution in [3.8, 4) is 5.75 Å². The summed E-state index contributed by atoms with van der Waals surface area (Å²) in [4.78, 5) is 11.0. The van der Waals surface area contributed by atoms with Crippen molar-refractivity contribution < 1.29 is 9.47 Å². The predicted molar refractivity (Wildman–Crippen MR) is 81.0 cm³/mol. The number of likely N-dealkylation sites (N-methyl/N-ethyl adjacent to an activating group) is 1. The van der Waals surface area contributed by atoms with E-state index in [9.17, 15) is 0 Å².